The van der Waals surface area contributed by atoms with Crippen LogP contribution in [0.15, 0.2) is 69.6 Å². The molecular formula is C23H18FN3O5S. The number of esters is 1. The minimum absolute atomic E-state index is 0.117. The van der Waals surface area contributed by atoms with Crippen molar-refractivity contribution in [2.24, 2.45) is 4.99 Å². The van der Waals surface area contributed by atoms with Crippen LogP contribution in [0.1, 0.15) is 31.0 Å². The maximum Gasteiger partial charge on any atom is 0.338 e. The maximum atomic E-state index is 13.4. The first-order chi connectivity index (χ1) is 15.8. The Morgan fingerprint density at radius 2 is 2.03 bits per heavy atom. The van der Waals surface area contributed by atoms with E-state index in [0.29, 0.717) is 26.2 Å². The lowest BCUT2D eigenvalue weighted by atomic mass is 9.95. The van der Waals surface area contributed by atoms with Gasteiger partial charge in [-0.15, -0.1) is 0 Å². The molecule has 1 atom stereocenters. The molecule has 0 saturated heterocycles. The normalized spacial score (nSPS) is 15.7. The van der Waals surface area contributed by atoms with Crippen molar-refractivity contribution in [3.63, 3.8) is 0 Å². The van der Waals surface area contributed by atoms with E-state index in [2.05, 4.69) is 4.99 Å². The lowest BCUT2D eigenvalue weighted by Crippen LogP contribution is -2.40. The highest BCUT2D eigenvalue weighted by Crippen LogP contribution is 2.32. The van der Waals surface area contributed by atoms with Crippen LogP contribution >= 0.6 is 11.3 Å². The number of allylic oxidation sites excluding steroid dienone is 1. The number of aromatic nitrogens is 1. The predicted octanol–water partition coefficient (Wildman–Crippen LogP) is 2.85. The van der Waals surface area contributed by atoms with Crippen LogP contribution in [-0.2, 0) is 9.53 Å². The number of rotatable bonds is 5. The quantitative estimate of drug-likeness (QED) is 0.326. The minimum Gasteiger partial charge on any atom is -0.463 e. The molecule has 0 amide bonds. The van der Waals surface area contributed by atoms with Gasteiger partial charge in [0.25, 0.3) is 11.2 Å². The van der Waals surface area contributed by atoms with Crippen molar-refractivity contribution < 1.29 is 18.8 Å². The molecule has 1 aliphatic rings. The summed E-state index contributed by atoms with van der Waals surface area (Å²) in [4.78, 5) is 41.9. The summed E-state index contributed by atoms with van der Waals surface area (Å²) < 4.78 is 20.1. The van der Waals surface area contributed by atoms with Gasteiger partial charge in [-0.25, -0.2) is 14.2 Å². The van der Waals surface area contributed by atoms with Crippen molar-refractivity contribution in [2.75, 3.05) is 6.61 Å². The van der Waals surface area contributed by atoms with Crippen LogP contribution in [0.2, 0.25) is 0 Å². The molecule has 1 aromatic heterocycles. The van der Waals surface area contributed by atoms with Gasteiger partial charge in [0.2, 0.25) is 0 Å². The molecule has 10 heteroatoms. The number of thiazole rings is 1. The fourth-order valence-corrected chi connectivity index (χ4v) is 4.67. The van der Waals surface area contributed by atoms with Gasteiger partial charge >= 0.3 is 5.97 Å². The van der Waals surface area contributed by atoms with Crippen LogP contribution in [0, 0.1) is 15.9 Å². The minimum atomic E-state index is -0.949. The topological polar surface area (TPSA) is 104 Å². The summed E-state index contributed by atoms with van der Waals surface area (Å²) in [5.74, 6) is -1.04. The highest BCUT2D eigenvalue weighted by molar-refractivity contribution is 7.07. The van der Waals surface area contributed by atoms with Crippen molar-refractivity contribution >= 4 is 29.1 Å². The van der Waals surface area contributed by atoms with Crippen molar-refractivity contribution in [3.05, 3.63) is 107 Å². The Morgan fingerprint density at radius 3 is 2.70 bits per heavy atom. The second-order valence-electron chi connectivity index (χ2n) is 7.21. The zero-order chi connectivity index (χ0) is 23.7. The number of nitrogens with zero attached hydrogens (tertiary/aromatic N) is 3. The lowest BCUT2D eigenvalue weighted by Gasteiger charge is -2.24. The van der Waals surface area contributed by atoms with Gasteiger partial charge < -0.3 is 4.74 Å². The molecular weight excluding hydrogens is 449 g/mol. The summed E-state index contributed by atoms with van der Waals surface area (Å²) in [5, 5.41) is 11.3. The van der Waals surface area contributed by atoms with E-state index in [1.165, 1.54) is 34.9 Å². The van der Waals surface area contributed by atoms with Gasteiger partial charge in [0.15, 0.2) is 4.80 Å². The SMILES string of the molecule is CCOC(=O)C1=C(C)N=c2s/c(=C/c3ccc(F)cc3)c(=O)n2[C@H]1c1cccc([N+](=O)[O-])c1. The molecule has 2 aromatic carbocycles. The van der Waals surface area contributed by atoms with Crippen LogP contribution in [0.25, 0.3) is 6.08 Å². The number of ether oxygens (including phenoxy) is 1. The molecule has 8 nitrogen and oxygen atoms in total. The summed E-state index contributed by atoms with van der Waals surface area (Å²) in [6, 6.07) is 10.5. The Bertz CT molecular complexity index is 1470. The van der Waals surface area contributed by atoms with Gasteiger partial charge in [0.1, 0.15) is 5.82 Å². The summed E-state index contributed by atoms with van der Waals surface area (Å²) in [5.41, 5.74) is 0.913. The van der Waals surface area contributed by atoms with Crippen molar-refractivity contribution in [1.29, 1.82) is 0 Å². The number of nitro groups is 1. The smallest absolute Gasteiger partial charge is 0.338 e. The Labute approximate surface area is 190 Å². The van der Waals surface area contributed by atoms with E-state index in [1.807, 2.05) is 0 Å². The molecule has 0 radical (unpaired) electrons. The number of fused-ring (bicyclic) bond motifs is 1. The van der Waals surface area contributed by atoms with E-state index in [-0.39, 0.29) is 17.9 Å². The fourth-order valence-electron chi connectivity index (χ4n) is 3.63. The molecule has 33 heavy (non-hydrogen) atoms. The molecule has 1 aliphatic heterocycles. The standard InChI is InChI=1S/C23H18FN3O5S/c1-3-32-22(29)19-13(2)25-23-26(20(19)15-5-4-6-17(12-15)27(30)31)21(28)18(33-23)11-14-7-9-16(24)10-8-14/h4-12,20H,3H2,1-2H3/b18-11+/t20-/m0/s1. The predicted molar refractivity (Wildman–Crippen MR) is 120 cm³/mol. The molecule has 4 rings (SSSR count). The van der Waals surface area contributed by atoms with Crippen LogP contribution in [0.5, 0.6) is 0 Å². The Kier molecular flexibility index (Phi) is 6.01. The third kappa shape index (κ3) is 4.24. The van der Waals surface area contributed by atoms with E-state index in [0.717, 1.165) is 11.3 Å². The molecule has 0 saturated carbocycles. The highest BCUT2D eigenvalue weighted by Gasteiger charge is 2.34. The van der Waals surface area contributed by atoms with Crippen molar-refractivity contribution in [1.82, 2.24) is 4.57 Å². The Hall–Kier alpha value is -3.92. The molecule has 2 heterocycles. The Morgan fingerprint density at radius 1 is 1.30 bits per heavy atom. The number of carbonyl (C=O) groups excluding carboxylic acids is 1. The average molecular weight is 467 g/mol. The van der Waals surface area contributed by atoms with Gasteiger partial charge in [-0.2, -0.15) is 0 Å². The van der Waals surface area contributed by atoms with Crippen LogP contribution < -0.4 is 14.9 Å². The summed E-state index contributed by atoms with van der Waals surface area (Å²) >= 11 is 1.12. The molecule has 0 aliphatic carbocycles. The lowest BCUT2D eigenvalue weighted by molar-refractivity contribution is -0.384. The second-order valence-corrected chi connectivity index (χ2v) is 8.22. The third-order valence-corrected chi connectivity index (χ3v) is 6.06. The highest BCUT2D eigenvalue weighted by atomic mass is 32.1. The van der Waals surface area contributed by atoms with E-state index < -0.39 is 28.3 Å². The largest absolute Gasteiger partial charge is 0.463 e. The number of hydrogen-bond donors (Lipinski definition) is 0. The first-order valence-electron chi connectivity index (χ1n) is 9.99. The maximum absolute atomic E-state index is 13.4. The summed E-state index contributed by atoms with van der Waals surface area (Å²) in [7, 11) is 0. The molecule has 0 bridgehead atoms. The van der Waals surface area contributed by atoms with Crippen LogP contribution in [-0.4, -0.2) is 22.1 Å². The number of halogens is 1. The number of nitro benzene ring substituents is 1. The number of non-ortho nitro benzene ring substituents is 1. The van der Waals surface area contributed by atoms with Crippen LogP contribution in [0.4, 0.5) is 10.1 Å². The van der Waals surface area contributed by atoms with E-state index in [9.17, 15) is 24.1 Å². The fraction of sp³-hybridized carbons (Fsp3) is 0.174. The molecule has 0 unspecified atom stereocenters. The molecule has 0 fully saturated rings. The summed E-state index contributed by atoms with van der Waals surface area (Å²) in [6.07, 6.45) is 1.61. The molecule has 0 N–H and O–H groups in total. The monoisotopic (exact) mass is 467 g/mol. The first-order valence-corrected chi connectivity index (χ1v) is 10.8. The third-order valence-electron chi connectivity index (χ3n) is 5.08. The van der Waals surface area contributed by atoms with E-state index >= 15 is 0 Å². The van der Waals surface area contributed by atoms with Crippen LogP contribution in [0.3, 0.4) is 0 Å². The van der Waals surface area contributed by atoms with Gasteiger partial charge in [-0.1, -0.05) is 35.6 Å². The molecule has 0 spiro atoms. The number of hydrogen-bond acceptors (Lipinski definition) is 7. The number of benzene rings is 2. The zero-order valence-electron chi connectivity index (χ0n) is 17.6. The molecule has 168 valence electrons. The molecule has 3 aromatic rings. The van der Waals surface area contributed by atoms with Gasteiger partial charge in [0.05, 0.1) is 33.4 Å². The Balaban J connectivity index is 1.97. The average Bonchev–Trinajstić information content (AvgIpc) is 3.09. The van der Waals surface area contributed by atoms with Crippen molar-refractivity contribution in [2.45, 2.75) is 19.9 Å². The summed E-state index contributed by atoms with van der Waals surface area (Å²) in [6.45, 7) is 3.41. The zero-order valence-corrected chi connectivity index (χ0v) is 18.5. The van der Waals surface area contributed by atoms with E-state index in [1.54, 1.807) is 38.1 Å². The second kappa shape index (κ2) is 8.91. The first kappa shape index (κ1) is 22.3. The van der Waals surface area contributed by atoms with Gasteiger partial charge in [0, 0.05) is 12.1 Å². The van der Waals surface area contributed by atoms with Crippen molar-refractivity contribution in [3.8, 4) is 0 Å². The number of carbonyl (C=O) groups is 1. The van der Waals surface area contributed by atoms with Gasteiger partial charge in [-0.3, -0.25) is 19.5 Å². The van der Waals surface area contributed by atoms with Gasteiger partial charge in [-0.05, 0) is 43.2 Å². The van der Waals surface area contributed by atoms with E-state index in [4.69, 9.17) is 4.74 Å².